The zero-order chi connectivity index (χ0) is 10.0. The summed E-state index contributed by atoms with van der Waals surface area (Å²) in [5.74, 6) is 0.162. The molecule has 0 aromatic carbocycles. The van der Waals surface area contributed by atoms with Crippen LogP contribution in [0.1, 0.15) is 37.3 Å². The van der Waals surface area contributed by atoms with Crippen molar-refractivity contribution in [2.45, 2.75) is 25.9 Å². The number of hydrogen-bond acceptors (Lipinski definition) is 3. The Morgan fingerprint density at radius 2 is 1.92 bits per heavy atom. The van der Waals surface area contributed by atoms with Gasteiger partial charge in [-0.25, -0.2) is 4.79 Å². The Bertz CT molecular complexity index is 326. The minimum Gasteiger partial charge on any atom is -0.385 e. The van der Waals surface area contributed by atoms with Crippen LogP contribution in [0.25, 0.3) is 0 Å². The molecule has 0 amide bonds. The fraction of sp³-hybridized carbons (Fsp3) is 0.625. The molecule has 5 heteroatoms. The van der Waals surface area contributed by atoms with Crippen LogP contribution in [-0.2, 0) is 0 Å². The molecule has 0 bridgehead atoms. The highest BCUT2D eigenvalue weighted by Gasteiger charge is 2.16. The molecule has 5 nitrogen and oxygen atoms in total. The summed E-state index contributed by atoms with van der Waals surface area (Å²) >= 11 is 0. The van der Waals surface area contributed by atoms with Crippen LogP contribution in [-0.4, -0.2) is 21.6 Å². The molecule has 5 N–H and O–H groups in total. The topological polar surface area (TPSA) is 94.9 Å². The van der Waals surface area contributed by atoms with Crippen LogP contribution in [0.2, 0.25) is 0 Å². The van der Waals surface area contributed by atoms with Crippen molar-refractivity contribution in [1.82, 2.24) is 9.97 Å². The number of nitrogens with one attached hydrogen (secondary N) is 2. The van der Waals surface area contributed by atoms with E-state index in [1.165, 1.54) is 0 Å². The van der Waals surface area contributed by atoms with Crippen LogP contribution in [0.5, 0.6) is 0 Å². The number of aromatic amines is 2. The van der Waals surface area contributed by atoms with Crippen LogP contribution in [0.4, 0.5) is 0 Å². The second kappa shape index (κ2) is 3.76. The summed E-state index contributed by atoms with van der Waals surface area (Å²) in [7, 11) is 0. The van der Waals surface area contributed by atoms with Crippen molar-refractivity contribution < 1.29 is 5.11 Å². The lowest BCUT2D eigenvalue weighted by molar-refractivity contribution is 0.180. The van der Waals surface area contributed by atoms with Crippen molar-refractivity contribution in [2.75, 3.05) is 6.54 Å². The molecule has 0 aliphatic heterocycles. The Hall–Kier alpha value is -1.07. The smallest absolute Gasteiger partial charge is 0.323 e. The van der Waals surface area contributed by atoms with E-state index in [1.54, 1.807) is 0 Å². The Kier molecular flexibility index (Phi) is 2.90. The molecule has 13 heavy (non-hydrogen) atoms. The highest BCUT2D eigenvalue weighted by molar-refractivity contribution is 5.17. The summed E-state index contributed by atoms with van der Waals surface area (Å²) in [6, 6.07) is 0. The molecule has 0 radical (unpaired) electrons. The molecule has 74 valence electrons. The predicted molar refractivity (Wildman–Crippen MR) is 49.5 cm³/mol. The summed E-state index contributed by atoms with van der Waals surface area (Å²) in [6.07, 6.45) is -0.795. The summed E-state index contributed by atoms with van der Waals surface area (Å²) in [5, 5.41) is 9.46. The first-order chi connectivity index (χ1) is 6.06. The minimum absolute atomic E-state index is 0.105. The summed E-state index contributed by atoms with van der Waals surface area (Å²) < 4.78 is 0. The summed E-state index contributed by atoms with van der Waals surface area (Å²) in [6.45, 7) is 3.98. The zero-order valence-corrected chi connectivity index (χ0v) is 7.79. The van der Waals surface area contributed by atoms with E-state index in [1.807, 2.05) is 13.8 Å². The monoisotopic (exact) mass is 185 g/mol. The third-order valence-corrected chi connectivity index (χ3v) is 1.92. The minimum atomic E-state index is -0.795. The van der Waals surface area contributed by atoms with Gasteiger partial charge in [0, 0.05) is 12.2 Å². The van der Waals surface area contributed by atoms with E-state index in [0.717, 1.165) is 5.69 Å². The lowest BCUT2D eigenvalue weighted by Crippen LogP contribution is -2.14. The van der Waals surface area contributed by atoms with Crippen molar-refractivity contribution >= 4 is 0 Å². The molecule has 1 rings (SSSR count). The van der Waals surface area contributed by atoms with Crippen molar-refractivity contribution in [1.29, 1.82) is 0 Å². The number of rotatable bonds is 3. The van der Waals surface area contributed by atoms with Gasteiger partial charge < -0.3 is 20.8 Å². The van der Waals surface area contributed by atoms with Gasteiger partial charge in [0.05, 0.1) is 5.69 Å². The van der Waals surface area contributed by atoms with Gasteiger partial charge >= 0.3 is 5.69 Å². The number of aliphatic hydroxyl groups excluding tert-OH is 1. The fourth-order valence-electron chi connectivity index (χ4n) is 1.25. The van der Waals surface area contributed by atoms with Crippen LogP contribution in [0.3, 0.4) is 0 Å². The predicted octanol–water partition coefficient (Wildman–Crippen LogP) is -0.182. The largest absolute Gasteiger partial charge is 0.385 e. The van der Waals surface area contributed by atoms with E-state index in [2.05, 4.69) is 9.97 Å². The lowest BCUT2D eigenvalue weighted by Gasteiger charge is -2.10. The Morgan fingerprint density at radius 3 is 2.38 bits per heavy atom. The lowest BCUT2D eigenvalue weighted by atomic mass is 10.1. The normalized spacial score (nSPS) is 13.6. The van der Waals surface area contributed by atoms with Crippen LogP contribution < -0.4 is 11.4 Å². The Morgan fingerprint density at radius 1 is 1.38 bits per heavy atom. The van der Waals surface area contributed by atoms with Crippen LogP contribution in [0.15, 0.2) is 4.79 Å². The first-order valence-electron chi connectivity index (χ1n) is 4.26. The molecular formula is C8H15N3O2. The maximum absolute atomic E-state index is 11.0. The van der Waals surface area contributed by atoms with Gasteiger partial charge in [-0.15, -0.1) is 0 Å². The second-order valence-electron chi connectivity index (χ2n) is 3.31. The molecule has 0 fully saturated rings. The van der Waals surface area contributed by atoms with Gasteiger partial charge in [0.15, 0.2) is 0 Å². The number of nitrogens with two attached hydrogens (primary N) is 1. The average Bonchev–Trinajstić information content (AvgIpc) is 2.46. The highest BCUT2D eigenvalue weighted by atomic mass is 16.3. The maximum Gasteiger partial charge on any atom is 0.323 e. The number of H-pyrrole nitrogens is 2. The van der Waals surface area contributed by atoms with E-state index in [0.29, 0.717) is 5.69 Å². The molecule has 0 aliphatic carbocycles. The molecule has 1 unspecified atom stereocenters. The maximum atomic E-state index is 11.0. The number of aromatic nitrogens is 2. The van der Waals surface area contributed by atoms with Crippen LogP contribution >= 0.6 is 0 Å². The van der Waals surface area contributed by atoms with E-state index >= 15 is 0 Å². The first kappa shape index (κ1) is 10.0. The third-order valence-electron chi connectivity index (χ3n) is 1.92. The van der Waals surface area contributed by atoms with Gasteiger partial charge in [0.2, 0.25) is 0 Å². The van der Waals surface area contributed by atoms with E-state index in [9.17, 15) is 9.90 Å². The molecule has 1 atom stereocenters. The molecule has 0 saturated heterocycles. The van der Waals surface area contributed by atoms with Gasteiger partial charge in [0.25, 0.3) is 0 Å². The van der Waals surface area contributed by atoms with Gasteiger partial charge in [-0.3, -0.25) is 0 Å². The molecule has 0 spiro atoms. The van der Waals surface area contributed by atoms with Crippen molar-refractivity contribution in [3.63, 3.8) is 0 Å². The summed E-state index contributed by atoms with van der Waals surface area (Å²) in [4.78, 5) is 16.1. The fourth-order valence-corrected chi connectivity index (χ4v) is 1.25. The number of aliphatic hydroxyl groups is 1. The second-order valence-corrected chi connectivity index (χ2v) is 3.31. The Balaban J connectivity index is 3.11. The highest BCUT2D eigenvalue weighted by Crippen LogP contribution is 2.18. The third kappa shape index (κ3) is 1.99. The Labute approximate surface area is 76.0 Å². The molecular weight excluding hydrogens is 170 g/mol. The van der Waals surface area contributed by atoms with Gasteiger partial charge in [-0.2, -0.15) is 0 Å². The van der Waals surface area contributed by atoms with E-state index < -0.39 is 6.10 Å². The number of hydrogen-bond donors (Lipinski definition) is 4. The van der Waals surface area contributed by atoms with E-state index in [-0.39, 0.29) is 18.2 Å². The molecule has 1 aromatic heterocycles. The zero-order valence-electron chi connectivity index (χ0n) is 7.79. The molecule has 1 aromatic rings. The molecule has 0 saturated carbocycles. The van der Waals surface area contributed by atoms with Gasteiger partial charge in [-0.1, -0.05) is 13.8 Å². The van der Waals surface area contributed by atoms with Gasteiger partial charge in [0.1, 0.15) is 6.10 Å². The quantitative estimate of drug-likeness (QED) is 0.526. The number of imidazole rings is 1. The van der Waals surface area contributed by atoms with E-state index in [4.69, 9.17) is 5.73 Å². The average molecular weight is 185 g/mol. The summed E-state index contributed by atoms with van der Waals surface area (Å²) in [5.41, 5.74) is 6.22. The molecule has 1 heterocycles. The standard InChI is InChI=1S/C8H15N3O2/c1-4(2)6-7(5(12)3-9)11-8(13)10-6/h4-5,12H,3,9H2,1-2H3,(H2,10,11,13). The van der Waals surface area contributed by atoms with Crippen molar-refractivity contribution in [2.24, 2.45) is 5.73 Å². The van der Waals surface area contributed by atoms with Crippen molar-refractivity contribution in [3.8, 4) is 0 Å². The SMILES string of the molecule is CC(C)c1[nH]c(=O)[nH]c1C(O)CN. The van der Waals surface area contributed by atoms with Gasteiger partial charge in [-0.05, 0) is 5.92 Å². The van der Waals surface area contributed by atoms with Crippen molar-refractivity contribution in [3.05, 3.63) is 21.9 Å². The van der Waals surface area contributed by atoms with Crippen LogP contribution in [0, 0.1) is 0 Å². The molecule has 0 aliphatic rings. The first-order valence-corrected chi connectivity index (χ1v) is 4.26.